The molecule has 0 aromatic carbocycles. The summed E-state index contributed by atoms with van der Waals surface area (Å²) >= 11 is 0. The molecule has 6 nitrogen and oxygen atoms in total. The Labute approximate surface area is 180 Å². The maximum absolute atomic E-state index is 13.5. The second-order valence-corrected chi connectivity index (χ2v) is 11.0. The standard InChI is InChI=1S/C24H39N3O3/c1-15(2)21(22(29)27-6-4-16(5-7-27)11-20(28)25-3)26-23(30)24-12-17-8-18(13-24)10-19(9-17)14-24/h15-19,21H,4-14H2,1-3H3,(H,25,28)(H,26,30)/t17?,18?,19?,21-,24?/m0/s1. The predicted octanol–water partition coefficient (Wildman–Crippen LogP) is 2.72. The Morgan fingerprint density at radius 2 is 1.50 bits per heavy atom. The van der Waals surface area contributed by atoms with Crippen LogP contribution in [0.1, 0.15) is 71.6 Å². The van der Waals surface area contributed by atoms with E-state index in [0.29, 0.717) is 25.4 Å². The van der Waals surface area contributed by atoms with Crippen LogP contribution in [0.2, 0.25) is 0 Å². The molecular formula is C24H39N3O3. The molecule has 2 N–H and O–H groups in total. The van der Waals surface area contributed by atoms with E-state index >= 15 is 0 Å². The number of nitrogens with zero attached hydrogens (tertiary/aromatic N) is 1. The average Bonchev–Trinajstić information content (AvgIpc) is 2.70. The highest BCUT2D eigenvalue weighted by molar-refractivity contribution is 5.90. The van der Waals surface area contributed by atoms with E-state index in [1.807, 2.05) is 18.7 Å². The largest absolute Gasteiger partial charge is 0.359 e. The number of amides is 3. The van der Waals surface area contributed by atoms with Crippen molar-refractivity contribution in [3.05, 3.63) is 0 Å². The first-order valence-corrected chi connectivity index (χ1v) is 12.1. The van der Waals surface area contributed by atoms with E-state index in [2.05, 4.69) is 10.6 Å². The molecule has 4 bridgehead atoms. The van der Waals surface area contributed by atoms with E-state index in [1.54, 1.807) is 7.05 Å². The smallest absolute Gasteiger partial charge is 0.245 e. The monoisotopic (exact) mass is 417 g/mol. The minimum absolute atomic E-state index is 0.0569. The molecule has 1 saturated heterocycles. The lowest BCUT2D eigenvalue weighted by molar-refractivity contribution is -0.151. The molecule has 5 aliphatic rings. The molecular weight excluding hydrogens is 378 g/mol. The van der Waals surface area contributed by atoms with Gasteiger partial charge in [-0.25, -0.2) is 0 Å². The summed E-state index contributed by atoms with van der Waals surface area (Å²) in [6.45, 7) is 5.41. The van der Waals surface area contributed by atoms with Gasteiger partial charge < -0.3 is 15.5 Å². The highest BCUT2D eigenvalue weighted by Crippen LogP contribution is 2.60. The molecule has 3 amide bonds. The number of carbonyl (C=O) groups excluding carboxylic acids is 3. The molecule has 6 heteroatoms. The summed E-state index contributed by atoms with van der Waals surface area (Å²) in [5.74, 6) is 2.83. The van der Waals surface area contributed by atoms with Gasteiger partial charge in [0.2, 0.25) is 17.7 Å². The summed E-state index contributed by atoms with van der Waals surface area (Å²) in [6.07, 6.45) is 9.24. The van der Waals surface area contributed by atoms with Crippen molar-refractivity contribution in [3.8, 4) is 0 Å². The van der Waals surface area contributed by atoms with Crippen molar-refractivity contribution in [2.75, 3.05) is 20.1 Å². The van der Waals surface area contributed by atoms with E-state index < -0.39 is 6.04 Å². The average molecular weight is 418 g/mol. The van der Waals surface area contributed by atoms with Crippen LogP contribution in [0.15, 0.2) is 0 Å². The van der Waals surface area contributed by atoms with Gasteiger partial charge in [-0.15, -0.1) is 0 Å². The molecule has 5 fully saturated rings. The Bertz CT molecular complexity index is 646. The molecule has 1 atom stereocenters. The van der Waals surface area contributed by atoms with Crippen LogP contribution in [0.4, 0.5) is 0 Å². The molecule has 5 rings (SSSR count). The molecule has 1 aliphatic heterocycles. The van der Waals surface area contributed by atoms with Crippen LogP contribution in [0.3, 0.4) is 0 Å². The summed E-state index contributed by atoms with van der Waals surface area (Å²) < 4.78 is 0. The van der Waals surface area contributed by atoms with Gasteiger partial charge in [-0.1, -0.05) is 13.8 Å². The van der Waals surface area contributed by atoms with E-state index in [4.69, 9.17) is 0 Å². The molecule has 4 saturated carbocycles. The fourth-order valence-electron chi connectivity index (χ4n) is 7.12. The number of nitrogens with one attached hydrogen (secondary N) is 2. The van der Waals surface area contributed by atoms with Crippen LogP contribution >= 0.6 is 0 Å². The highest BCUT2D eigenvalue weighted by Gasteiger charge is 2.55. The van der Waals surface area contributed by atoms with Crippen molar-refractivity contribution in [1.29, 1.82) is 0 Å². The van der Waals surface area contributed by atoms with E-state index in [-0.39, 0.29) is 29.1 Å². The topological polar surface area (TPSA) is 78.5 Å². The maximum atomic E-state index is 13.5. The molecule has 1 heterocycles. The van der Waals surface area contributed by atoms with E-state index in [1.165, 1.54) is 19.3 Å². The second kappa shape index (κ2) is 8.51. The number of likely N-dealkylation sites (tertiary alicyclic amines) is 1. The lowest BCUT2D eigenvalue weighted by Gasteiger charge is -2.56. The summed E-state index contributed by atoms with van der Waals surface area (Å²) in [4.78, 5) is 40.3. The molecule has 168 valence electrons. The van der Waals surface area contributed by atoms with Gasteiger partial charge in [-0.2, -0.15) is 0 Å². The summed E-state index contributed by atoms with van der Waals surface area (Å²) in [5, 5.41) is 5.92. The van der Waals surface area contributed by atoms with Crippen molar-refractivity contribution in [2.24, 2.45) is 35.0 Å². The van der Waals surface area contributed by atoms with E-state index in [9.17, 15) is 14.4 Å². The van der Waals surface area contributed by atoms with Crippen LogP contribution in [0, 0.1) is 35.0 Å². The first-order valence-electron chi connectivity index (χ1n) is 12.1. The molecule has 4 aliphatic carbocycles. The zero-order valence-corrected chi connectivity index (χ0v) is 18.9. The molecule has 0 aromatic heterocycles. The first-order chi connectivity index (χ1) is 14.3. The van der Waals surface area contributed by atoms with Crippen LogP contribution in [0.25, 0.3) is 0 Å². The van der Waals surface area contributed by atoms with Gasteiger partial charge >= 0.3 is 0 Å². The van der Waals surface area contributed by atoms with Crippen LogP contribution in [-0.4, -0.2) is 48.8 Å². The lowest BCUT2D eigenvalue weighted by Crippen LogP contribution is -2.59. The van der Waals surface area contributed by atoms with Gasteiger partial charge in [0.1, 0.15) is 6.04 Å². The Kier molecular flexibility index (Phi) is 6.13. The van der Waals surface area contributed by atoms with Crippen molar-refractivity contribution >= 4 is 17.7 Å². The second-order valence-electron chi connectivity index (χ2n) is 11.0. The predicted molar refractivity (Wildman–Crippen MR) is 115 cm³/mol. The zero-order valence-electron chi connectivity index (χ0n) is 18.9. The van der Waals surface area contributed by atoms with Gasteiger partial charge in [-0.05, 0) is 81.0 Å². The van der Waals surface area contributed by atoms with Crippen molar-refractivity contribution in [3.63, 3.8) is 0 Å². The highest BCUT2D eigenvalue weighted by atomic mass is 16.2. The van der Waals surface area contributed by atoms with Crippen LogP contribution < -0.4 is 10.6 Å². The third-order valence-electron chi connectivity index (χ3n) is 8.42. The number of carbonyl (C=O) groups is 3. The molecule has 0 radical (unpaired) electrons. The SMILES string of the molecule is CNC(=O)CC1CCN(C(=O)[C@@H](NC(=O)C23CC4CC(CC(C4)C2)C3)C(C)C)CC1. The summed E-state index contributed by atoms with van der Waals surface area (Å²) in [5.41, 5.74) is -0.220. The van der Waals surface area contributed by atoms with Crippen molar-refractivity contribution < 1.29 is 14.4 Å². The molecule has 0 spiro atoms. The third kappa shape index (κ3) is 4.24. The summed E-state index contributed by atoms with van der Waals surface area (Å²) in [6, 6.07) is -0.444. The molecule has 0 aromatic rings. The van der Waals surface area contributed by atoms with Gasteiger partial charge in [0.05, 0.1) is 0 Å². The number of hydrogen-bond acceptors (Lipinski definition) is 3. The maximum Gasteiger partial charge on any atom is 0.245 e. The minimum atomic E-state index is -0.444. The van der Waals surface area contributed by atoms with Crippen molar-refractivity contribution in [1.82, 2.24) is 15.5 Å². The van der Waals surface area contributed by atoms with Gasteiger partial charge in [0.25, 0.3) is 0 Å². The Balaban J connectivity index is 1.37. The number of rotatable bonds is 6. The Morgan fingerprint density at radius 1 is 0.967 bits per heavy atom. The minimum Gasteiger partial charge on any atom is -0.359 e. The van der Waals surface area contributed by atoms with Crippen molar-refractivity contribution in [2.45, 2.75) is 77.7 Å². The number of hydrogen-bond donors (Lipinski definition) is 2. The first kappa shape index (κ1) is 21.6. The zero-order chi connectivity index (χ0) is 21.5. The third-order valence-corrected chi connectivity index (χ3v) is 8.42. The lowest BCUT2D eigenvalue weighted by atomic mass is 9.49. The number of piperidine rings is 1. The van der Waals surface area contributed by atoms with Gasteiger partial charge in [-0.3, -0.25) is 14.4 Å². The molecule has 30 heavy (non-hydrogen) atoms. The Hall–Kier alpha value is -1.59. The van der Waals surface area contributed by atoms with E-state index in [0.717, 1.165) is 49.9 Å². The van der Waals surface area contributed by atoms with Crippen LogP contribution in [0.5, 0.6) is 0 Å². The Morgan fingerprint density at radius 3 is 1.97 bits per heavy atom. The van der Waals surface area contributed by atoms with Gasteiger partial charge in [0.15, 0.2) is 0 Å². The van der Waals surface area contributed by atoms with Crippen LogP contribution in [-0.2, 0) is 14.4 Å². The fraction of sp³-hybridized carbons (Fsp3) is 0.875. The molecule has 0 unspecified atom stereocenters. The normalized spacial score (nSPS) is 34.1. The quantitative estimate of drug-likeness (QED) is 0.697. The summed E-state index contributed by atoms with van der Waals surface area (Å²) in [7, 11) is 1.67. The van der Waals surface area contributed by atoms with Gasteiger partial charge in [0, 0.05) is 32.0 Å². The fourth-order valence-corrected chi connectivity index (χ4v) is 7.12.